The minimum Gasteiger partial charge on any atom is -0.491 e. The molecule has 0 aliphatic rings. The lowest BCUT2D eigenvalue weighted by molar-refractivity contribution is 0.126. The van der Waals surface area contributed by atoms with Crippen LogP contribution >= 0.6 is 23.4 Å². The number of para-hydroxylation sites is 1. The molecule has 2 aromatic carbocycles. The van der Waals surface area contributed by atoms with Crippen molar-refractivity contribution in [2.24, 2.45) is 0 Å². The van der Waals surface area contributed by atoms with Gasteiger partial charge in [-0.15, -0.1) is 10.2 Å². The van der Waals surface area contributed by atoms with Crippen LogP contribution in [0.25, 0.3) is 17.1 Å². The molecule has 0 spiro atoms. The molecule has 1 unspecified atom stereocenters. The number of halogens is 1. The summed E-state index contributed by atoms with van der Waals surface area (Å²) in [6.45, 7) is 0.198. The molecule has 0 radical (unpaired) electrons. The quantitative estimate of drug-likeness (QED) is 0.408. The van der Waals surface area contributed by atoms with E-state index in [2.05, 4.69) is 15.2 Å². The molecule has 0 aliphatic heterocycles. The minimum absolute atomic E-state index is 0.198. The molecule has 1 N–H and O–H groups in total. The van der Waals surface area contributed by atoms with Gasteiger partial charge >= 0.3 is 0 Å². The first-order valence-corrected chi connectivity index (χ1v) is 10.7. The lowest BCUT2D eigenvalue weighted by Crippen LogP contribution is -2.20. The smallest absolute Gasteiger partial charge is 0.196 e. The van der Waals surface area contributed by atoms with Gasteiger partial charge < -0.3 is 9.84 Å². The van der Waals surface area contributed by atoms with Crippen LogP contribution in [0.3, 0.4) is 0 Å². The van der Waals surface area contributed by atoms with Gasteiger partial charge in [0, 0.05) is 34.4 Å². The minimum atomic E-state index is -0.657. The maximum absolute atomic E-state index is 10.4. The summed E-state index contributed by atoms with van der Waals surface area (Å²) in [6.07, 6.45) is 2.77. The fourth-order valence-electron chi connectivity index (χ4n) is 2.80. The van der Waals surface area contributed by atoms with Crippen molar-refractivity contribution in [1.29, 1.82) is 0 Å². The summed E-state index contributed by atoms with van der Waals surface area (Å²) in [5.74, 6) is 1.83. The number of hydrogen-bond acceptors (Lipinski definition) is 6. The lowest BCUT2D eigenvalue weighted by atomic mass is 10.2. The highest BCUT2D eigenvalue weighted by Crippen LogP contribution is 2.28. The molecular formula is C22H19ClN4O2S. The zero-order valence-corrected chi connectivity index (χ0v) is 17.5. The average molecular weight is 439 g/mol. The van der Waals surface area contributed by atoms with Gasteiger partial charge in [-0.05, 0) is 48.5 Å². The molecular weight excluding hydrogens is 420 g/mol. The zero-order chi connectivity index (χ0) is 20.8. The second kappa shape index (κ2) is 9.75. The summed E-state index contributed by atoms with van der Waals surface area (Å²) in [5, 5.41) is 20.4. The van der Waals surface area contributed by atoms with Gasteiger partial charge in [0.25, 0.3) is 0 Å². The number of hydrogen-bond donors (Lipinski definition) is 1. The third kappa shape index (κ3) is 4.99. The number of ether oxygens (including phenoxy) is 1. The summed E-state index contributed by atoms with van der Waals surface area (Å²) >= 11 is 7.47. The van der Waals surface area contributed by atoms with Crippen molar-refractivity contribution >= 4 is 23.4 Å². The van der Waals surface area contributed by atoms with Crippen LogP contribution in [0, 0.1) is 0 Å². The molecule has 0 saturated heterocycles. The van der Waals surface area contributed by atoms with Gasteiger partial charge in [0.1, 0.15) is 12.4 Å². The Labute approximate surface area is 183 Å². The molecule has 0 fully saturated rings. The zero-order valence-electron chi connectivity index (χ0n) is 15.9. The molecule has 8 heteroatoms. The van der Waals surface area contributed by atoms with Gasteiger partial charge in [-0.2, -0.15) is 0 Å². The molecule has 1 atom stereocenters. The first-order valence-electron chi connectivity index (χ1n) is 9.31. The number of aromatic nitrogens is 4. The highest BCUT2D eigenvalue weighted by Gasteiger charge is 2.17. The van der Waals surface area contributed by atoms with Crippen molar-refractivity contribution in [1.82, 2.24) is 19.7 Å². The second-order valence-electron chi connectivity index (χ2n) is 6.44. The molecule has 152 valence electrons. The Morgan fingerprint density at radius 1 is 0.967 bits per heavy atom. The molecule has 30 heavy (non-hydrogen) atoms. The summed E-state index contributed by atoms with van der Waals surface area (Å²) in [7, 11) is 0. The third-order valence-electron chi connectivity index (χ3n) is 4.25. The van der Waals surface area contributed by atoms with E-state index in [0.29, 0.717) is 21.8 Å². The van der Waals surface area contributed by atoms with Gasteiger partial charge in [0.05, 0.1) is 6.10 Å². The van der Waals surface area contributed by atoms with Crippen molar-refractivity contribution in [3.8, 4) is 22.8 Å². The van der Waals surface area contributed by atoms with Crippen LogP contribution in [0.2, 0.25) is 5.02 Å². The monoisotopic (exact) mass is 438 g/mol. The summed E-state index contributed by atoms with van der Waals surface area (Å²) in [6, 6.07) is 20.7. The summed E-state index contributed by atoms with van der Waals surface area (Å²) in [5.41, 5.74) is 1.78. The number of pyridine rings is 1. The van der Waals surface area contributed by atoms with Crippen molar-refractivity contribution < 1.29 is 9.84 Å². The van der Waals surface area contributed by atoms with Gasteiger partial charge in [-0.25, -0.2) is 0 Å². The van der Waals surface area contributed by atoms with Gasteiger partial charge in [0.2, 0.25) is 0 Å². The van der Waals surface area contributed by atoms with Crippen molar-refractivity contribution in [2.75, 3.05) is 12.4 Å². The van der Waals surface area contributed by atoms with E-state index in [9.17, 15) is 5.11 Å². The van der Waals surface area contributed by atoms with E-state index >= 15 is 0 Å². The number of thioether (sulfide) groups is 1. The molecule has 4 rings (SSSR count). The maximum atomic E-state index is 10.4. The highest BCUT2D eigenvalue weighted by molar-refractivity contribution is 7.99. The average Bonchev–Trinajstić information content (AvgIpc) is 3.22. The third-order valence-corrected chi connectivity index (χ3v) is 5.57. The predicted octanol–water partition coefficient (Wildman–Crippen LogP) is 4.51. The molecule has 4 aromatic rings. The molecule has 2 heterocycles. The standard InChI is InChI=1S/C22H19ClN4O2S/c23-17-6-8-18(9-7-17)27-21(16-10-12-24-13-11-16)25-26-22(27)30-15-19(28)14-29-20-4-2-1-3-5-20/h1-13,19,28H,14-15H2. The lowest BCUT2D eigenvalue weighted by Gasteiger charge is -2.13. The molecule has 0 amide bonds. The largest absolute Gasteiger partial charge is 0.491 e. The van der Waals surface area contributed by atoms with Crippen LogP contribution in [0.4, 0.5) is 0 Å². The number of rotatable bonds is 8. The van der Waals surface area contributed by atoms with E-state index in [-0.39, 0.29) is 6.61 Å². The van der Waals surface area contributed by atoms with E-state index in [4.69, 9.17) is 16.3 Å². The number of benzene rings is 2. The Balaban J connectivity index is 1.52. The molecule has 0 aliphatic carbocycles. The topological polar surface area (TPSA) is 73.1 Å². The van der Waals surface area contributed by atoms with E-state index in [1.54, 1.807) is 12.4 Å². The van der Waals surface area contributed by atoms with Crippen LogP contribution < -0.4 is 4.74 Å². The molecule has 0 saturated carbocycles. The van der Waals surface area contributed by atoms with Crippen molar-refractivity contribution in [3.05, 3.63) is 84.1 Å². The van der Waals surface area contributed by atoms with E-state index < -0.39 is 6.10 Å². The fourth-order valence-corrected chi connectivity index (χ4v) is 3.79. The van der Waals surface area contributed by atoms with Crippen LogP contribution in [0.5, 0.6) is 5.75 Å². The predicted molar refractivity (Wildman–Crippen MR) is 118 cm³/mol. The van der Waals surface area contributed by atoms with E-state index in [1.165, 1.54) is 11.8 Å². The van der Waals surface area contributed by atoms with E-state index in [1.807, 2.05) is 71.3 Å². The second-order valence-corrected chi connectivity index (χ2v) is 7.87. The van der Waals surface area contributed by atoms with Crippen LogP contribution in [0.15, 0.2) is 84.3 Å². The van der Waals surface area contributed by atoms with Crippen molar-refractivity contribution in [2.45, 2.75) is 11.3 Å². The SMILES string of the molecule is OC(COc1ccccc1)CSc1nnc(-c2ccncc2)n1-c1ccc(Cl)cc1. The van der Waals surface area contributed by atoms with Crippen LogP contribution in [-0.2, 0) is 0 Å². The molecule has 6 nitrogen and oxygen atoms in total. The Hall–Kier alpha value is -2.87. The normalized spacial score (nSPS) is 11.9. The van der Waals surface area contributed by atoms with Crippen LogP contribution in [-0.4, -0.2) is 43.3 Å². The fraction of sp³-hybridized carbons (Fsp3) is 0.136. The summed E-state index contributed by atoms with van der Waals surface area (Å²) in [4.78, 5) is 4.07. The van der Waals surface area contributed by atoms with Crippen molar-refractivity contribution in [3.63, 3.8) is 0 Å². The van der Waals surface area contributed by atoms with Gasteiger partial charge in [-0.1, -0.05) is 41.6 Å². The first kappa shape index (κ1) is 20.4. The number of nitrogens with zero attached hydrogens (tertiary/aromatic N) is 4. The van der Waals surface area contributed by atoms with Crippen LogP contribution in [0.1, 0.15) is 0 Å². The number of aliphatic hydroxyl groups excluding tert-OH is 1. The van der Waals surface area contributed by atoms with E-state index in [0.717, 1.165) is 17.0 Å². The number of aliphatic hydroxyl groups is 1. The Bertz CT molecular complexity index is 1080. The molecule has 0 bridgehead atoms. The molecule has 2 aromatic heterocycles. The Morgan fingerprint density at radius 3 is 2.43 bits per heavy atom. The maximum Gasteiger partial charge on any atom is 0.196 e. The van der Waals surface area contributed by atoms with Gasteiger partial charge in [0.15, 0.2) is 11.0 Å². The Morgan fingerprint density at radius 2 is 1.70 bits per heavy atom. The first-order chi connectivity index (χ1) is 14.7. The highest BCUT2D eigenvalue weighted by atomic mass is 35.5. The Kier molecular flexibility index (Phi) is 6.63. The van der Waals surface area contributed by atoms with Gasteiger partial charge in [-0.3, -0.25) is 9.55 Å². The summed E-state index contributed by atoms with van der Waals surface area (Å²) < 4.78 is 7.58.